The molecule has 0 aliphatic carbocycles. The average Bonchev–Trinajstić information content (AvgIpc) is 3.01. The Morgan fingerprint density at radius 1 is 0.926 bits per heavy atom. The van der Waals surface area contributed by atoms with Gasteiger partial charge in [-0.05, 0) is 34.1 Å². The second-order valence-corrected chi connectivity index (χ2v) is 7.18. The van der Waals surface area contributed by atoms with Gasteiger partial charge in [-0.2, -0.15) is 5.10 Å². The largest absolute Gasteiger partial charge is 0.361 e. The summed E-state index contributed by atoms with van der Waals surface area (Å²) in [4.78, 5) is 29.1. The number of aryl methyl sites for hydroxylation is 4. The van der Waals surface area contributed by atoms with Gasteiger partial charge in [-0.15, -0.1) is 0 Å². The SMILES string of the molecule is Cc1n[nH]c(C)c1CC(=O)N1CCCN(C(=O)Cc2c(C)noc2C)CC1. The fraction of sp³-hybridized carbons (Fsp3) is 0.579. The predicted molar refractivity (Wildman–Crippen MR) is 99.2 cm³/mol. The number of aromatic amines is 1. The lowest BCUT2D eigenvalue weighted by atomic mass is 10.1. The zero-order valence-corrected chi connectivity index (χ0v) is 16.5. The number of nitrogens with zero attached hydrogens (tertiary/aromatic N) is 4. The molecule has 146 valence electrons. The Labute approximate surface area is 158 Å². The third-order valence-corrected chi connectivity index (χ3v) is 5.32. The Hall–Kier alpha value is -2.64. The van der Waals surface area contributed by atoms with Crippen molar-refractivity contribution in [2.45, 2.75) is 47.0 Å². The molecule has 0 saturated carbocycles. The third-order valence-electron chi connectivity index (χ3n) is 5.32. The summed E-state index contributed by atoms with van der Waals surface area (Å²) >= 11 is 0. The van der Waals surface area contributed by atoms with Crippen molar-refractivity contribution in [1.29, 1.82) is 0 Å². The van der Waals surface area contributed by atoms with Gasteiger partial charge in [0.1, 0.15) is 5.76 Å². The first-order chi connectivity index (χ1) is 12.9. The molecule has 8 heteroatoms. The maximum atomic E-state index is 12.7. The molecule has 1 saturated heterocycles. The molecule has 27 heavy (non-hydrogen) atoms. The van der Waals surface area contributed by atoms with Crippen LogP contribution in [0.4, 0.5) is 0 Å². The van der Waals surface area contributed by atoms with Crippen LogP contribution < -0.4 is 0 Å². The van der Waals surface area contributed by atoms with Gasteiger partial charge < -0.3 is 14.3 Å². The standard InChI is InChI=1S/C19H27N5O3/c1-12-16(13(2)21-20-12)10-18(25)23-6-5-7-24(9-8-23)19(26)11-17-14(3)22-27-15(17)4/h5-11H2,1-4H3,(H,20,21). The van der Waals surface area contributed by atoms with E-state index in [-0.39, 0.29) is 11.8 Å². The lowest BCUT2D eigenvalue weighted by Crippen LogP contribution is -2.38. The van der Waals surface area contributed by atoms with Crippen molar-refractivity contribution >= 4 is 11.8 Å². The molecule has 1 aliphatic rings. The number of amides is 2. The van der Waals surface area contributed by atoms with Crippen molar-refractivity contribution in [1.82, 2.24) is 25.2 Å². The van der Waals surface area contributed by atoms with Gasteiger partial charge in [-0.25, -0.2) is 0 Å². The summed E-state index contributed by atoms with van der Waals surface area (Å²) in [6.45, 7) is 9.95. The van der Waals surface area contributed by atoms with E-state index in [4.69, 9.17) is 4.52 Å². The second kappa shape index (κ2) is 7.94. The highest BCUT2D eigenvalue weighted by Gasteiger charge is 2.24. The van der Waals surface area contributed by atoms with Gasteiger partial charge in [0, 0.05) is 43.0 Å². The lowest BCUT2D eigenvalue weighted by molar-refractivity contribution is -0.132. The fourth-order valence-electron chi connectivity index (χ4n) is 3.53. The molecule has 0 radical (unpaired) electrons. The third kappa shape index (κ3) is 4.20. The Balaban J connectivity index is 1.58. The molecule has 2 amide bonds. The van der Waals surface area contributed by atoms with E-state index in [0.717, 1.165) is 34.6 Å². The predicted octanol–water partition coefficient (Wildman–Crippen LogP) is 1.48. The second-order valence-electron chi connectivity index (χ2n) is 7.18. The van der Waals surface area contributed by atoms with Crippen LogP contribution in [-0.2, 0) is 22.4 Å². The molecule has 2 aromatic rings. The first-order valence-corrected chi connectivity index (χ1v) is 9.34. The maximum Gasteiger partial charge on any atom is 0.227 e. The minimum Gasteiger partial charge on any atom is -0.361 e. The van der Waals surface area contributed by atoms with E-state index in [2.05, 4.69) is 15.4 Å². The Kier molecular flexibility index (Phi) is 5.62. The zero-order chi connectivity index (χ0) is 19.6. The highest BCUT2D eigenvalue weighted by molar-refractivity contribution is 5.81. The van der Waals surface area contributed by atoms with Crippen LogP contribution in [0.1, 0.15) is 40.4 Å². The number of carbonyl (C=O) groups is 2. The van der Waals surface area contributed by atoms with Crippen molar-refractivity contribution in [3.63, 3.8) is 0 Å². The minimum atomic E-state index is 0.0558. The molecule has 3 heterocycles. The maximum absolute atomic E-state index is 12.7. The monoisotopic (exact) mass is 373 g/mol. The molecule has 0 aromatic carbocycles. The molecule has 1 N–H and O–H groups in total. The van der Waals surface area contributed by atoms with E-state index < -0.39 is 0 Å². The topological polar surface area (TPSA) is 95.3 Å². The van der Waals surface area contributed by atoms with Crippen molar-refractivity contribution in [2.75, 3.05) is 26.2 Å². The van der Waals surface area contributed by atoms with Crippen molar-refractivity contribution < 1.29 is 14.1 Å². The Morgan fingerprint density at radius 2 is 1.52 bits per heavy atom. The summed E-state index contributed by atoms with van der Waals surface area (Å²) in [5, 5.41) is 11.0. The highest BCUT2D eigenvalue weighted by atomic mass is 16.5. The number of carbonyl (C=O) groups excluding carboxylic acids is 2. The van der Waals surface area contributed by atoms with Crippen LogP contribution in [0.5, 0.6) is 0 Å². The first kappa shape index (κ1) is 19.1. The number of aromatic nitrogens is 3. The van der Waals surface area contributed by atoms with E-state index in [1.807, 2.05) is 37.5 Å². The van der Waals surface area contributed by atoms with Gasteiger partial charge in [0.15, 0.2) is 0 Å². The molecule has 8 nitrogen and oxygen atoms in total. The van der Waals surface area contributed by atoms with Crippen LogP contribution in [0.3, 0.4) is 0 Å². The molecule has 1 fully saturated rings. The molecule has 3 rings (SSSR count). The van der Waals surface area contributed by atoms with E-state index in [1.54, 1.807) is 0 Å². The number of rotatable bonds is 4. The number of nitrogens with one attached hydrogen (secondary N) is 1. The van der Waals surface area contributed by atoms with Crippen LogP contribution in [0.15, 0.2) is 4.52 Å². The Bertz CT molecular complexity index is 731. The summed E-state index contributed by atoms with van der Waals surface area (Å²) in [5.74, 6) is 0.834. The van der Waals surface area contributed by atoms with Crippen LogP contribution in [-0.4, -0.2) is 63.1 Å². The average molecular weight is 373 g/mol. The minimum absolute atomic E-state index is 0.0558. The van der Waals surface area contributed by atoms with Crippen molar-refractivity contribution in [3.05, 3.63) is 34.0 Å². The van der Waals surface area contributed by atoms with Crippen LogP contribution in [0.25, 0.3) is 0 Å². The van der Waals surface area contributed by atoms with E-state index in [9.17, 15) is 9.59 Å². The smallest absolute Gasteiger partial charge is 0.227 e. The normalized spacial score (nSPS) is 15.1. The van der Waals surface area contributed by atoms with Crippen molar-refractivity contribution in [3.8, 4) is 0 Å². The molecule has 0 spiro atoms. The van der Waals surface area contributed by atoms with Crippen LogP contribution in [0.2, 0.25) is 0 Å². The molecule has 1 aliphatic heterocycles. The fourth-order valence-corrected chi connectivity index (χ4v) is 3.53. The molecule has 0 atom stereocenters. The van der Waals surface area contributed by atoms with Gasteiger partial charge in [0.25, 0.3) is 0 Å². The van der Waals surface area contributed by atoms with Gasteiger partial charge in [-0.3, -0.25) is 14.7 Å². The molecule has 2 aromatic heterocycles. The number of H-pyrrole nitrogens is 1. The Morgan fingerprint density at radius 3 is 2.00 bits per heavy atom. The molecule has 0 unspecified atom stereocenters. The van der Waals surface area contributed by atoms with Crippen LogP contribution in [0, 0.1) is 27.7 Å². The summed E-state index contributed by atoms with van der Waals surface area (Å²) in [5.41, 5.74) is 4.40. The summed E-state index contributed by atoms with van der Waals surface area (Å²) in [6, 6.07) is 0. The zero-order valence-electron chi connectivity index (χ0n) is 16.5. The molecule has 0 bridgehead atoms. The van der Waals surface area contributed by atoms with Crippen molar-refractivity contribution in [2.24, 2.45) is 0 Å². The van der Waals surface area contributed by atoms with E-state index >= 15 is 0 Å². The molecular formula is C19H27N5O3. The van der Waals surface area contributed by atoms with Gasteiger partial charge in [0.05, 0.1) is 24.2 Å². The van der Waals surface area contributed by atoms with Crippen LogP contribution >= 0.6 is 0 Å². The highest BCUT2D eigenvalue weighted by Crippen LogP contribution is 2.16. The van der Waals surface area contributed by atoms with Gasteiger partial charge in [0.2, 0.25) is 11.8 Å². The van der Waals surface area contributed by atoms with Gasteiger partial charge >= 0.3 is 0 Å². The first-order valence-electron chi connectivity index (χ1n) is 9.34. The van der Waals surface area contributed by atoms with Gasteiger partial charge in [-0.1, -0.05) is 5.16 Å². The number of hydrogen-bond acceptors (Lipinski definition) is 5. The lowest BCUT2D eigenvalue weighted by Gasteiger charge is -2.22. The van der Waals surface area contributed by atoms with E-state index in [1.165, 1.54) is 0 Å². The summed E-state index contributed by atoms with van der Waals surface area (Å²) in [7, 11) is 0. The summed E-state index contributed by atoms with van der Waals surface area (Å²) < 4.78 is 5.14. The quantitative estimate of drug-likeness (QED) is 0.876. The summed E-state index contributed by atoms with van der Waals surface area (Å²) in [6.07, 6.45) is 1.42. The van der Waals surface area contributed by atoms with E-state index in [0.29, 0.717) is 44.8 Å². The molecular weight excluding hydrogens is 346 g/mol. The number of hydrogen-bond donors (Lipinski definition) is 1.